The lowest BCUT2D eigenvalue weighted by Crippen LogP contribution is -2.47. The van der Waals surface area contributed by atoms with Crippen LogP contribution in [0.5, 0.6) is 0 Å². The van der Waals surface area contributed by atoms with Crippen molar-refractivity contribution in [2.75, 3.05) is 6.54 Å². The first kappa shape index (κ1) is 13.8. The summed E-state index contributed by atoms with van der Waals surface area (Å²) >= 11 is 0. The van der Waals surface area contributed by atoms with Gasteiger partial charge in [-0.3, -0.25) is 4.79 Å². The summed E-state index contributed by atoms with van der Waals surface area (Å²) in [7, 11) is 0. The van der Waals surface area contributed by atoms with E-state index < -0.39 is 5.60 Å². The van der Waals surface area contributed by atoms with Crippen molar-refractivity contribution in [1.29, 1.82) is 0 Å². The number of hydrogen-bond donors (Lipinski definition) is 2. The zero-order valence-corrected chi connectivity index (χ0v) is 11.8. The van der Waals surface area contributed by atoms with Crippen molar-refractivity contribution in [3.8, 4) is 11.5 Å². The molecule has 3 rings (SSSR count). The van der Waals surface area contributed by atoms with Crippen molar-refractivity contribution < 1.29 is 14.4 Å². The summed E-state index contributed by atoms with van der Waals surface area (Å²) in [6.45, 7) is 1.99. The number of aryl methyl sites for hydroxylation is 1. The molecule has 21 heavy (non-hydrogen) atoms. The fourth-order valence-corrected chi connectivity index (χ4v) is 2.38. The molecule has 1 fully saturated rings. The van der Waals surface area contributed by atoms with Crippen LogP contribution in [0.15, 0.2) is 28.8 Å². The zero-order valence-electron chi connectivity index (χ0n) is 11.8. The number of benzene rings is 1. The minimum atomic E-state index is -0.744. The van der Waals surface area contributed by atoms with Gasteiger partial charge in [-0.1, -0.05) is 17.3 Å². The number of nitrogens with one attached hydrogen (secondary N) is 1. The third-order valence-corrected chi connectivity index (χ3v) is 3.79. The van der Waals surface area contributed by atoms with Crippen LogP contribution >= 0.6 is 0 Å². The first-order valence-electron chi connectivity index (χ1n) is 6.98. The van der Waals surface area contributed by atoms with Gasteiger partial charge in [-0.15, -0.1) is 0 Å². The van der Waals surface area contributed by atoms with E-state index in [1.807, 2.05) is 6.07 Å². The van der Waals surface area contributed by atoms with Crippen LogP contribution in [0.25, 0.3) is 11.5 Å². The topological polar surface area (TPSA) is 88.2 Å². The van der Waals surface area contributed by atoms with Gasteiger partial charge in [0.1, 0.15) is 0 Å². The van der Waals surface area contributed by atoms with Crippen molar-refractivity contribution in [3.63, 3.8) is 0 Å². The maximum absolute atomic E-state index is 12.3. The Labute approximate surface area is 122 Å². The molecule has 110 valence electrons. The molecule has 1 heterocycles. The van der Waals surface area contributed by atoms with Gasteiger partial charge < -0.3 is 14.9 Å². The van der Waals surface area contributed by atoms with Crippen molar-refractivity contribution in [2.45, 2.75) is 31.8 Å². The molecule has 0 unspecified atom stereocenters. The van der Waals surface area contributed by atoms with E-state index in [2.05, 4.69) is 15.5 Å². The Hall–Kier alpha value is -2.21. The van der Waals surface area contributed by atoms with Crippen molar-refractivity contribution in [3.05, 3.63) is 35.7 Å². The summed E-state index contributed by atoms with van der Waals surface area (Å²) in [5.41, 5.74) is 0.311. The van der Waals surface area contributed by atoms with Gasteiger partial charge in [0.25, 0.3) is 11.8 Å². The molecule has 0 radical (unpaired) electrons. The van der Waals surface area contributed by atoms with Gasteiger partial charge in [-0.25, -0.2) is 0 Å². The first-order valence-corrected chi connectivity index (χ1v) is 6.98. The van der Waals surface area contributed by atoms with Crippen LogP contribution in [0.1, 0.15) is 35.4 Å². The van der Waals surface area contributed by atoms with E-state index in [4.69, 9.17) is 4.52 Å². The molecule has 0 atom stereocenters. The number of hydrogen-bond acceptors (Lipinski definition) is 5. The normalized spacial score (nSPS) is 16.3. The number of aliphatic hydroxyl groups is 1. The van der Waals surface area contributed by atoms with Crippen LogP contribution in [0.4, 0.5) is 0 Å². The molecule has 2 aromatic rings. The fraction of sp³-hybridized carbons (Fsp3) is 0.400. The van der Waals surface area contributed by atoms with E-state index in [-0.39, 0.29) is 12.5 Å². The molecule has 1 amide bonds. The Morgan fingerprint density at radius 3 is 2.81 bits per heavy atom. The molecule has 1 aromatic heterocycles. The predicted molar refractivity (Wildman–Crippen MR) is 75.6 cm³/mol. The lowest BCUT2D eigenvalue weighted by molar-refractivity contribution is -0.0300. The van der Waals surface area contributed by atoms with Gasteiger partial charge >= 0.3 is 0 Å². The Kier molecular flexibility index (Phi) is 3.47. The number of aromatic nitrogens is 2. The van der Waals surface area contributed by atoms with Gasteiger partial charge in [0, 0.05) is 6.54 Å². The Bertz CT molecular complexity index is 662. The SMILES string of the molecule is Cc1noc(-c2ccccc2C(=O)NCC2(O)CCC2)n1. The monoisotopic (exact) mass is 287 g/mol. The summed E-state index contributed by atoms with van der Waals surface area (Å²) < 4.78 is 5.13. The molecule has 1 aliphatic rings. The van der Waals surface area contributed by atoms with E-state index in [1.54, 1.807) is 25.1 Å². The van der Waals surface area contributed by atoms with Gasteiger partial charge in [0.2, 0.25) is 0 Å². The van der Waals surface area contributed by atoms with Crippen LogP contribution in [-0.2, 0) is 0 Å². The van der Waals surface area contributed by atoms with Crippen LogP contribution < -0.4 is 5.32 Å². The number of carbonyl (C=O) groups excluding carboxylic acids is 1. The largest absolute Gasteiger partial charge is 0.388 e. The van der Waals surface area contributed by atoms with Gasteiger partial charge in [0.15, 0.2) is 5.82 Å². The summed E-state index contributed by atoms with van der Waals surface area (Å²) in [6, 6.07) is 7.06. The standard InChI is InChI=1S/C15H17N3O3/c1-10-17-14(21-18-10)12-6-3-2-5-11(12)13(19)16-9-15(20)7-4-8-15/h2-3,5-6,20H,4,7-9H2,1H3,(H,16,19). The quantitative estimate of drug-likeness (QED) is 0.893. The third kappa shape index (κ3) is 2.80. The fourth-order valence-electron chi connectivity index (χ4n) is 2.38. The maximum atomic E-state index is 12.3. The molecule has 1 aromatic carbocycles. The highest BCUT2D eigenvalue weighted by molar-refractivity contribution is 5.99. The first-order chi connectivity index (χ1) is 10.1. The second-order valence-electron chi connectivity index (χ2n) is 5.45. The highest BCUT2D eigenvalue weighted by atomic mass is 16.5. The van der Waals surface area contributed by atoms with Crippen molar-refractivity contribution >= 4 is 5.91 Å². The molecule has 0 aliphatic heterocycles. The van der Waals surface area contributed by atoms with Gasteiger partial charge in [0.05, 0.1) is 16.7 Å². The Morgan fingerprint density at radius 1 is 1.43 bits per heavy atom. The lowest BCUT2D eigenvalue weighted by atomic mass is 9.80. The van der Waals surface area contributed by atoms with E-state index in [9.17, 15) is 9.90 Å². The van der Waals surface area contributed by atoms with Crippen LogP contribution in [0, 0.1) is 6.92 Å². The second kappa shape index (κ2) is 5.29. The lowest BCUT2D eigenvalue weighted by Gasteiger charge is -2.36. The predicted octanol–water partition coefficient (Wildman–Crippen LogP) is 1.69. The number of carbonyl (C=O) groups is 1. The van der Waals surface area contributed by atoms with Crippen LogP contribution in [0.3, 0.4) is 0 Å². The summed E-state index contributed by atoms with van der Waals surface area (Å²) in [5.74, 6) is 0.589. The van der Waals surface area contributed by atoms with Crippen molar-refractivity contribution in [2.24, 2.45) is 0 Å². The third-order valence-electron chi connectivity index (χ3n) is 3.79. The molecule has 0 spiro atoms. The molecule has 1 saturated carbocycles. The van der Waals surface area contributed by atoms with Gasteiger partial charge in [-0.05, 0) is 38.3 Å². The number of rotatable bonds is 4. The smallest absolute Gasteiger partial charge is 0.258 e. The molecular weight excluding hydrogens is 270 g/mol. The van der Waals surface area contributed by atoms with E-state index >= 15 is 0 Å². The minimum absolute atomic E-state index is 0.248. The number of amides is 1. The molecule has 0 bridgehead atoms. The van der Waals surface area contributed by atoms with Crippen LogP contribution in [0.2, 0.25) is 0 Å². The summed E-state index contributed by atoms with van der Waals surface area (Å²) in [6.07, 6.45) is 2.47. The molecule has 1 aliphatic carbocycles. The van der Waals surface area contributed by atoms with E-state index in [1.165, 1.54) is 0 Å². The molecule has 6 nitrogen and oxygen atoms in total. The average Bonchev–Trinajstić information content (AvgIpc) is 2.89. The highest BCUT2D eigenvalue weighted by Gasteiger charge is 2.34. The van der Waals surface area contributed by atoms with Crippen molar-refractivity contribution in [1.82, 2.24) is 15.5 Å². The van der Waals surface area contributed by atoms with Crippen LogP contribution in [-0.4, -0.2) is 33.3 Å². The Balaban J connectivity index is 1.79. The Morgan fingerprint density at radius 2 is 2.19 bits per heavy atom. The minimum Gasteiger partial charge on any atom is -0.388 e. The highest BCUT2D eigenvalue weighted by Crippen LogP contribution is 2.30. The van der Waals surface area contributed by atoms with E-state index in [0.717, 1.165) is 19.3 Å². The van der Waals surface area contributed by atoms with E-state index in [0.29, 0.717) is 22.8 Å². The van der Waals surface area contributed by atoms with Gasteiger partial charge in [-0.2, -0.15) is 4.98 Å². The zero-order chi connectivity index (χ0) is 14.9. The maximum Gasteiger partial charge on any atom is 0.258 e. The molecular formula is C15H17N3O3. The molecule has 0 saturated heterocycles. The average molecular weight is 287 g/mol. The molecule has 6 heteroatoms. The summed E-state index contributed by atoms with van der Waals surface area (Å²) in [4.78, 5) is 16.5. The summed E-state index contributed by atoms with van der Waals surface area (Å²) in [5, 5.41) is 16.6. The number of nitrogens with zero attached hydrogens (tertiary/aromatic N) is 2. The molecule has 2 N–H and O–H groups in total. The second-order valence-corrected chi connectivity index (χ2v) is 5.45.